The van der Waals surface area contributed by atoms with Gasteiger partial charge < -0.3 is 14.8 Å². The van der Waals surface area contributed by atoms with Crippen molar-refractivity contribution in [1.82, 2.24) is 5.32 Å². The van der Waals surface area contributed by atoms with E-state index in [0.717, 1.165) is 32.8 Å². The zero-order valence-electron chi connectivity index (χ0n) is 10.1. The third-order valence-electron chi connectivity index (χ3n) is 2.81. The first-order valence-electron chi connectivity index (χ1n) is 6.25. The third-order valence-corrected chi connectivity index (χ3v) is 2.81. The SMILES string of the molecule is CCNC(C)CCCOCC1CCCO1. The summed E-state index contributed by atoms with van der Waals surface area (Å²) in [5.41, 5.74) is 0. The molecule has 0 aromatic carbocycles. The van der Waals surface area contributed by atoms with Crippen molar-refractivity contribution >= 4 is 0 Å². The Hall–Kier alpha value is -0.120. The van der Waals surface area contributed by atoms with Crippen LogP contribution in [0.2, 0.25) is 0 Å². The number of hydrogen-bond donors (Lipinski definition) is 1. The standard InChI is InChI=1S/C12H25NO2/c1-3-13-11(2)6-4-8-14-10-12-7-5-9-15-12/h11-13H,3-10H2,1-2H3. The van der Waals surface area contributed by atoms with E-state index < -0.39 is 0 Å². The Kier molecular flexibility index (Phi) is 6.98. The minimum atomic E-state index is 0.371. The smallest absolute Gasteiger partial charge is 0.0809 e. The molecular formula is C12H25NO2. The lowest BCUT2D eigenvalue weighted by Gasteiger charge is -2.13. The van der Waals surface area contributed by atoms with Crippen LogP contribution >= 0.6 is 0 Å². The van der Waals surface area contributed by atoms with Crippen LogP contribution in [0.25, 0.3) is 0 Å². The predicted molar refractivity (Wildman–Crippen MR) is 62.2 cm³/mol. The van der Waals surface area contributed by atoms with Crippen molar-refractivity contribution in [2.75, 3.05) is 26.4 Å². The fourth-order valence-corrected chi connectivity index (χ4v) is 1.93. The minimum absolute atomic E-state index is 0.371. The molecule has 3 heteroatoms. The van der Waals surface area contributed by atoms with Gasteiger partial charge >= 0.3 is 0 Å². The van der Waals surface area contributed by atoms with Gasteiger partial charge in [0.25, 0.3) is 0 Å². The summed E-state index contributed by atoms with van der Waals surface area (Å²) in [4.78, 5) is 0. The van der Waals surface area contributed by atoms with Crippen LogP contribution in [0, 0.1) is 0 Å². The maximum atomic E-state index is 5.59. The van der Waals surface area contributed by atoms with Gasteiger partial charge in [0.05, 0.1) is 12.7 Å². The lowest BCUT2D eigenvalue weighted by molar-refractivity contribution is 0.0158. The Morgan fingerprint density at radius 3 is 3.07 bits per heavy atom. The molecule has 1 heterocycles. The van der Waals surface area contributed by atoms with Crippen molar-refractivity contribution < 1.29 is 9.47 Å². The van der Waals surface area contributed by atoms with Crippen LogP contribution in [0.4, 0.5) is 0 Å². The molecule has 1 rings (SSSR count). The Morgan fingerprint density at radius 2 is 2.40 bits per heavy atom. The molecule has 2 unspecified atom stereocenters. The molecule has 0 aromatic heterocycles. The lowest BCUT2D eigenvalue weighted by atomic mass is 10.2. The van der Waals surface area contributed by atoms with E-state index in [9.17, 15) is 0 Å². The fourth-order valence-electron chi connectivity index (χ4n) is 1.93. The molecule has 1 N–H and O–H groups in total. The molecule has 90 valence electrons. The van der Waals surface area contributed by atoms with Crippen LogP contribution in [0.3, 0.4) is 0 Å². The number of rotatable bonds is 8. The van der Waals surface area contributed by atoms with Crippen LogP contribution in [0.15, 0.2) is 0 Å². The third kappa shape index (κ3) is 6.13. The van der Waals surface area contributed by atoms with E-state index in [1.54, 1.807) is 0 Å². The van der Waals surface area contributed by atoms with Gasteiger partial charge in [-0.1, -0.05) is 6.92 Å². The highest BCUT2D eigenvalue weighted by Crippen LogP contribution is 2.12. The van der Waals surface area contributed by atoms with Gasteiger partial charge in [0.1, 0.15) is 0 Å². The van der Waals surface area contributed by atoms with Crippen molar-refractivity contribution in [3.05, 3.63) is 0 Å². The second-order valence-corrected chi connectivity index (χ2v) is 4.31. The first-order valence-corrected chi connectivity index (χ1v) is 6.25. The lowest BCUT2D eigenvalue weighted by Crippen LogP contribution is -2.25. The Balaban J connectivity index is 1.84. The van der Waals surface area contributed by atoms with Crippen molar-refractivity contribution in [3.8, 4) is 0 Å². The largest absolute Gasteiger partial charge is 0.379 e. The van der Waals surface area contributed by atoms with Gasteiger partial charge in [0.15, 0.2) is 0 Å². The highest BCUT2D eigenvalue weighted by atomic mass is 16.5. The molecule has 0 radical (unpaired) electrons. The minimum Gasteiger partial charge on any atom is -0.379 e. The van der Waals surface area contributed by atoms with Gasteiger partial charge in [0, 0.05) is 19.3 Å². The summed E-state index contributed by atoms with van der Waals surface area (Å²) in [6.45, 7) is 8.00. The molecule has 2 atom stereocenters. The quantitative estimate of drug-likeness (QED) is 0.628. The maximum Gasteiger partial charge on any atom is 0.0809 e. The molecule has 0 aromatic rings. The number of nitrogens with one attached hydrogen (secondary N) is 1. The Morgan fingerprint density at radius 1 is 1.53 bits per heavy atom. The molecular weight excluding hydrogens is 190 g/mol. The molecule has 0 spiro atoms. The van der Waals surface area contributed by atoms with Crippen LogP contribution < -0.4 is 5.32 Å². The first-order chi connectivity index (χ1) is 7.33. The zero-order chi connectivity index (χ0) is 10.9. The maximum absolute atomic E-state index is 5.59. The number of ether oxygens (including phenoxy) is 2. The van der Waals surface area contributed by atoms with Gasteiger partial charge in [0.2, 0.25) is 0 Å². The van der Waals surface area contributed by atoms with E-state index >= 15 is 0 Å². The normalized spacial score (nSPS) is 23.2. The van der Waals surface area contributed by atoms with Gasteiger partial charge in [-0.15, -0.1) is 0 Å². The highest BCUT2D eigenvalue weighted by molar-refractivity contribution is 4.63. The van der Waals surface area contributed by atoms with E-state index in [1.807, 2.05) is 0 Å². The second-order valence-electron chi connectivity index (χ2n) is 4.31. The van der Waals surface area contributed by atoms with Gasteiger partial charge in [-0.25, -0.2) is 0 Å². The highest BCUT2D eigenvalue weighted by Gasteiger charge is 2.14. The molecule has 1 saturated heterocycles. The monoisotopic (exact) mass is 215 g/mol. The van der Waals surface area contributed by atoms with E-state index in [4.69, 9.17) is 9.47 Å². The molecule has 0 aliphatic carbocycles. The average molecular weight is 215 g/mol. The summed E-state index contributed by atoms with van der Waals surface area (Å²) >= 11 is 0. The van der Waals surface area contributed by atoms with Crippen molar-refractivity contribution in [1.29, 1.82) is 0 Å². The fraction of sp³-hybridized carbons (Fsp3) is 1.00. The van der Waals surface area contributed by atoms with Crippen LogP contribution in [0.1, 0.15) is 39.5 Å². The Labute approximate surface area is 93.5 Å². The molecule has 0 amide bonds. The van der Waals surface area contributed by atoms with Gasteiger partial charge in [-0.05, 0) is 39.2 Å². The number of hydrogen-bond acceptors (Lipinski definition) is 3. The summed E-state index contributed by atoms with van der Waals surface area (Å²) in [5.74, 6) is 0. The van der Waals surface area contributed by atoms with E-state index in [1.165, 1.54) is 19.3 Å². The second kappa shape index (κ2) is 8.08. The summed E-state index contributed by atoms with van der Waals surface area (Å²) in [6, 6.07) is 0.612. The van der Waals surface area contributed by atoms with E-state index in [2.05, 4.69) is 19.2 Å². The summed E-state index contributed by atoms with van der Waals surface area (Å²) in [7, 11) is 0. The van der Waals surface area contributed by atoms with Crippen LogP contribution in [-0.2, 0) is 9.47 Å². The Bertz CT molecular complexity index is 147. The summed E-state index contributed by atoms with van der Waals surface area (Å²) < 4.78 is 11.1. The molecule has 0 bridgehead atoms. The average Bonchev–Trinajstić information content (AvgIpc) is 2.70. The summed E-state index contributed by atoms with van der Waals surface area (Å²) in [6.07, 6.45) is 5.08. The first kappa shape index (κ1) is 12.9. The van der Waals surface area contributed by atoms with Crippen molar-refractivity contribution in [2.45, 2.75) is 51.7 Å². The van der Waals surface area contributed by atoms with E-state index in [0.29, 0.717) is 12.1 Å². The van der Waals surface area contributed by atoms with E-state index in [-0.39, 0.29) is 0 Å². The zero-order valence-corrected chi connectivity index (χ0v) is 10.1. The molecule has 1 aliphatic rings. The summed E-state index contributed by atoms with van der Waals surface area (Å²) in [5, 5.41) is 3.40. The molecule has 1 aliphatic heterocycles. The van der Waals surface area contributed by atoms with Crippen molar-refractivity contribution in [3.63, 3.8) is 0 Å². The predicted octanol–water partition coefficient (Wildman–Crippen LogP) is 1.96. The molecule has 3 nitrogen and oxygen atoms in total. The van der Waals surface area contributed by atoms with Crippen molar-refractivity contribution in [2.24, 2.45) is 0 Å². The topological polar surface area (TPSA) is 30.5 Å². The van der Waals surface area contributed by atoms with Crippen LogP contribution in [-0.4, -0.2) is 38.5 Å². The molecule has 1 fully saturated rings. The van der Waals surface area contributed by atoms with Crippen LogP contribution in [0.5, 0.6) is 0 Å². The molecule has 0 saturated carbocycles. The van der Waals surface area contributed by atoms with Gasteiger partial charge in [-0.3, -0.25) is 0 Å². The molecule has 15 heavy (non-hydrogen) atoms. The van der Waals surface area contributed by atoms with Gasteiger partial charge in [-0.2, -0.15) is 0 Å².